The molecule has 5 rings (SSSR count). The Morgan fingerprint density at radius 1 is 0.320 bits per heavy atom. The summed E-state index contributed by atoms with van der Waals surface area (Å²) in [5, 5.41) is 16.3. The van der Waals surface area contributed by atoms with Gasteiger partial charge in [-0.25, -0.2) is 0 Å². The van der Waals surface area contributed by atoms with E-state index >= 15 is 0 Å². The first-order valence-electron chi connectivity index (χ1n) is 7.46. The minimum atomic E-state index is 1.71. The van der Waals surface area contributed by atoms with Crippen molar-refractivity contribution in [2.24, 2.45) is 0 Å². The summed E-state index contributed by atoms with van der Waals surface area (Å²) >= 11 is 6.85. The molecule has 5 heterocycles. The normalized spacial score (nSPS) is 8.00. The summed E-state index contributed by atoms with van der Waals surface area (Å²) < 4.78 is 0. The number of rotatable bonds is 0. The Morgan fingerprint density at radius 2 is 0.560 bits per heavy atom. The lowest BCUT2D eigenvalue weighted by Crippen LogP contribution is -1.38. The van der Waals surface area contributed by atoms with E-state index in [-0.39, 0.29) is 0 Å². The van der Waals surface area contributed by atoms with Gasteiger partial charge in [-0.2, -0.15) is 45.3 Å². The zero-order valence-corrected chi connectivity index (χ0v) is 16.9. The van der Waals surface area contributed by atoms with Crippen molar-refractivity contribution in [2.75, 3.05) is 0 Å². The smallest absolute Gasteiger partial charge is 0.000496 e. The number of H-pyrrole nitrogens is 1. The van der Waals surface area contributed by atoms with E-state index in [9.17, 15) is 0 Å². The molecule has 5 aromatic heterocycles. The summed E-state index contributed by atoms with van der Waals surface area (Å²) in [6.45, 7) is 0. The molecule has 0 aliphatic carbocycles. The van der Waals surface area contributed by atoms with Crippen molar-refractivity contribution in [3.8, 4) is 0 Å². The molecule has 1 nitrogen and oxygen atoms in total. The molecule has 130 valence electrons. The van der Waals surface area contributed by atoms with E-state index in [2.05, 4.69) is 4.98 Å². The molecule has 0 saturated heterocycles. The fraction of sp³-hybridized carbons (Fsp3) is 0. The van der Waals surface area contributed by atoms with Crippen LogP contribution in [0.3, 0.4) is 0 Å². The molecule has 0 atom stereocenters. The summed E-state index contributed by atoms with van der Waals surface area (Å²) in [5.41, 5.74) is 0. The number of thiophene rings is 4. The third-order valence-corrected chi connectivity index (χ3v) is 4.71. The van der Waals surface area contributed by atoms with Crippen LogP contribution >= 0.6 is 45.3 Å². The van der Waals surface area contributed by atoms with Gasteiger partial charge >= 0.3 is 0 Å². The fourth-order valence-electron chi connectivity index (χ4n) is 1.18. The molecule has 1 N–H and O–H groups in total. The van der Waals surface area contributed by atoms with Gasteiger partial charge in [0.1, 0.15) is 0 Å². The van der Waals surface area contributed by atoms with Gasteiger partial charge < -0.3 is 4.98 Å². The van der Waals surface area contributed by atoms with E-state index in [1.54, 1.807) is 45.3 Å². The molecule has 5 heteroatoms. The van der Waals surface area contributed by atoms with E-state index in [0.29, 0.717) is 0 Å². The highest BCUT2D eigenvalue weighted by molar-refractivity contribution is 7.08. The predicted octanol–water partition coefficient (Wildman–Crippen LogP) is 8.01. The van der Waals surface area contributed by atoms with Gasteiger partial charge in [-0.15, -0.1) is 0 Å². The average Bonchev–Trinajstić information content (AvgIpc) is 3.55. The van der Waals surface area contributed by atoms with Crippen molar-refractivity contribution in [1.82, 2.24) is 4.98 Å². The quantitative estimate of drug-likeness (QED) is 0.269. The lowest BCUT2D eigenvalue weighted by Gasteiger charge is -1.49. The minimum absolute atomic E-state index is 1.71. The number of hydrogen-bond acceptors (Lipinski definition) is 4. The summed E-state index contributed by atoms with van der Waals surface area (Å²) in [6, 6.07) is 20.0. The standard InChI is InChI=1S/C4H5N.4C4H4S/c5*1-2-4-5-3-1/h1-5H;4*1-4H. The fourth-order valence-corrected chi connectivity index (χ4v) is 3.00. The van der Waals surface area contributed by atoms with Gasteiger partial charge in [-0.05, 0) is 55.2 Å². The summed E-state index contributed by atoms with van der Waals surface area (Å²) in [7, 11) is 0. The molecule has 0 radical (unpaired) electrons. The Labute approximate surface area is 165 Å². The highest BCUT2D eigenvalue weighted by Gasteiger charge is 1.60. The Morgan fingerprint density at radius 3 is 0.640 bits per heavy atom. The summed E-state index contributed by atoms with van der Waals surface area (Å²) in [6.07, 6.45) is 3.75. The van der Waals surface area contributed by atoms with Gasteiger partial charge in [0.25, 0.3) is 0 Å². The number of hydrogen-bond donors (Lipinski definition) is 1. The van der Waals surface area contributed by atoms with Crippen LogP contribution in [-0.4, -0.2) is 4.98 Å². The van der Waals surface area contributed by atoms with E-state index in [4.69, 9.17) is 0 Å². The van der Waals surface area contributed by atoms with Crippen molar-refractivity contribution < 1.29 is 0 Å². The number of aromatic nitrogens is 1. The average molecular weight is 404 g/mol. The minimum Gasteiger partial charge on any atom is -0.368 e. The molecule has 0 saturated carbocycles. The maximum Gasteiger partial charge on any atom is 0.000496 e. The molecule has 0 spiro atoms. The number of nitrogens with one attached hydrogen (secondary N) is 1. The van der Waals surface area contributed by atoms with Crippen LogP contribution in [0.1, 0.15) is 0 Å². The Kier molecular flexibility index (Phi) is 15.6. The topological polar surface area (TPSA) is 15.8 Å². The second-order valence-electron chi connectivity index (χ2n) is 4.06. The van der Waals surface area contributed by atoms with E-state index < -0.39 is 0 Å². The second kappa shape index (κ2) is 18.4. The van der Waals surface area contributed by atoms with Crippen molar-refractivity contribution in [1.29, 1.82) is 0 Å². The van der Waals surface area contributed by atoms with Gasteiger partial charge in [0, 0.05) is 12.4 Å². The van der Waals surface area contributed by atoms with Crippen molar-refractivity contribution in [2.45, 2.75) is 0 Å². The highest BCUT2D eigenvalue weighted by Crippen LogP contribution is 1.93. The Bertz CT molecular complexity index is 457. The van der Waals surface area contributed by atoms with Crippen LogP contribution in [0, 0.1) is 0 Å². The van der Waals surface area contributed by atoms with Crippen LogP contribution < -0.4 is 0 Å². The molecule has 0 bridgehead atoms. The molecule has 0 aliphatic rings. The third-order valence-electron chi connectivity index (χ3n) is 2.20. The third kappa shape index (κ3) is 16.7. The van der Waals surface area contributed by atoms with Crippen LogP contribution in [-0.2, 0) is 0 Å². The van der Waals surface area contributed by atoms with E-state index in [0.717, 1.165) is 0 Å². The van der Waals surface area contributed by atoms with Crippen LogP contribution in [0.4, 0.5) is 0 Å². The maximum atomic E-state index is 2.86. The maximum absolute atomic E-state index is 2.86. The Hall–Kier alpha value is -1.92. The molecule has 25 heavy (non-hydrogen) atoms. The van der Waals surface area contributed by atoms with Crippen LogP contribution in [0.15, 0.2) is 116 Å². The highest BCUT2D eigenvalue weighted by atomic mass is 32.1. The molecule has 0 aliphatic heterocycles. The lowest BCUT2D eigenvalue weighted by molar-refractivity contribution is 1.42. The zero-order valence-electron chi connectivity index (χ0n) is 13.7. The Balaban J connectivity index is 0.000000156. The lowest BCUT2D eigenvalue weighted by atomic mass is 10.7. The van der Waals surface area contributed by atoms with Crippen LogP contribution in [0.5, 0.6) is 0 Å². The van der Waals surface area contributed by atoms with Gasteiger partial charge in [0.05, 0.1) is 0 Å². The van der Waals surface area contributed by atoms with Crippen molar-refractivity contribution in [3.63, 3.8) is 0 Å². The molecule has 0 unspecified atom stereocenters. The molecular formula is C20H21NS4. The van der Waals surface area contributed by atoms with Gasteiger partial charge in [-0.3, -0.25) is 0 Å². The molecular weight excluding hydrogens is 382 g/mol. The second-order valence-corrected chi connectivity index (χ2v) is 7.32. The van der Waals surface area contributed by atoms with Gasteiger partial charge in [0.15, 0.2) is 0 Å². The van der Waals surface area contributed by atoms with Gasteiger partial charge in [0.2, 0.25) is 0 Å². The van der Waals surface area contributed by atoms with Crippen LogP contribution in [0.25, 0.3) is 0 Å². The van der Waals surface area contributed by atoms with Crippen molar-refractivity contribution >= 4 is 45.3 Å². The van der Waals surface area contributed by atoms with Crippen LogP contribution in [0.2, 0.25) is 0 Å². The van der Waals surface area contributed by atoms with E-state index in [1.165, 1.54) is 0 Å². The SMILES string of the molecule is c1cc[nH]c1.c1ccsc1.c1ccsc1.c1ccsc1.c1ccsc1. The molecule has 0 amide bonds. The first-order valence-corrected chi connectivity index (χ1v) is 11.2. The molecule has 0 aromatic carbocycles. The predicted molar refractivity (Wildman–Crippen MR) is 118 cm³/mol. The zero-order chi connectivity index (χ0) is 17.7. The van der Waals surface area contributed by atoms with Crippen molar-refractivity contribution in [3.05, 3.63) is 116 Å². The van der Waals surface area contributed by atoms with E-state index in [1.807, 2.05) is 116 Å². The monoisotopic (exact) mass is 403 g/mol. The summed E-state index contributed by atoms with van der Waals surface area (Å²) in [4.78, 5) is 2.86. The number of aromatic amines is 1. The van der Waals surface area contributed by atoms with Gasteiger partial charge in [-0.1, -0.05) is 48.5 Å². The molecule has 5 aromatic rings. The summed E-state index contributed by atoms with van der Waals surface area (Å²) in [5.74, 6) is 0. The first-order chi connectivity index (χ1) is 12.5. The first kappa shape index (κ1) is 21.1. The largest absolute Gasteiger partial charge is 0.368 e. The molecule has 0 fully saturated rings.